The van der Waals surface area contributed by atoms with Crippen LogP contribution >= 0.6 is 12.4 Å². The van der Waals surface area contributed by atoms with E-state index < -0.39 is 17.8 Å². The first-order valence-corrected chi connectivity index (χ1v) is 7.06. The molecule has 0 bridgehead atoms. The molecule has 1 fully saturated rings. The van der Waals surface area contributed by atoms with Crippen LogP contribution in [0.2, 0.25) is 0 Å². The first-order valence-electron chi connectivity index (χ1n) is 7.06. The number of amides is 1. The van der Waals surface area contributed by atoms with Crippen LogP contribution in [-0.2, 0) is 11.0 Å². The van der Waals surface area contributed by atoms with E-state index in [0.29, 0.717) is 12.1 Å². The fourth-order valence-corrected chi connectivity index (χ4v) is 2.47. The van der Waals surface area contributed by atoms with Gasteiger partial charge in [0.1, 0.15) is 0 Å². The first kappa shape index (κ1) is 18.8. The van der Waals surface area contributed by atoms with Crippen LogP contribution in [0, 0.1) is 5.92 Å². The number of piperidine rings is 1. The average molecular weight is 337 g/mol. The zero-order chi connectivity index (χ0) is 15.5. The second kappa shape index (κ2) is 7.83. The number of hydrogen-bond acceptors (Lipinski definition) is 2. The van der Waals surface area contributed by atoms with Crippen LogP contribution in [0.15, 0.2) is 24.3 Å². The summed E-state index contributed by atoms with van der Waals surface area (Å²) in [5, 5.41) is 5.95. The molecule has 124 valence electrons. The zero-order valence-corrected chi connectivity index (χ0v) is 13.1. The summed E-state index contributed by atoms with van der Waals surface area (Å²) in [6.07, 6.45) is -2.61. The molecule has 2 N–H and O–H groups in total. The quantitative estimate of drug-likeness (QED) is 0.889. The Morgan fingerprint density at radius 2 is 2.14 bits per heavy atom. The van der Waals surface area contributed by atoms with Crippen molar-refractivity contribution in [1.29, 1.82) is 0 Å². The molecule has 22 heavy (non-hydrogen) atoms. The van der Waals surface area contributed by atoms with E-state index in [9.17, 15) is 18.0 Å². The monoisotopic (exact) mass is 336 g/mol. The third-order valence-electron chi connectivity index (χ3n) is 3.74. The Morgan fingerprint density at radius 3 is 2.73 bits per heavy atom. The Hall–Kier alpha value is -1.27. The molecule has 0 radical (unpaired) electrons. The Kier molecular flexibility index (Phi) is 6.68. The van der Waals surface area contributed by atoms with Crippen molar-refractivity contribution >= 4 is 18.3 Å². The van der Waals surface area contributed by atoms with Crippen molar-refractivity contribution in [2.45, 2.75) is 32.0 Å². The predicted molar refractivity (Wildman–Crippen MR) is 80.8 cm³/mol. The predicted octanol–water partition coefficient (Wildman–Crippen LogP) is 3.30. The fourth-order valence-electron chi connectivity index (χ4n) is 2.47. The van der Waals surface area contributed by atoms with E-state index in [0.717, 1.165) is 31.5 Å². The molecule has 1 unspecified atom stereocenters. The highest BCUT2D eigenvalue weighted by molar-refractivity contribution is 5.85. The van der Waals surface area contributed by atoms with E-state index in [1.165, 1.54) is 6.07 Å². The van der Waals surface area contributed by atoms with E-state index >= 15 is 0 Å². The first-order chi connectivity index (χ1) is 9.88. The summed E-state index contributed by atoms with van der Waals surface area (Å²) in [5.74, 6) is -0.209. The number of halogens is 4. The fraction of sp³-hybridized carbons (Fsp3) is 0.533. The maximum Gasteiger partial charge on any atom is 0.416 e. The topological polar surface area (TPSA) is 41.1 Å². The molecule has 1 heterocycles. The van der Waals surface area contributed by atoms with Crippen LogP contribution in [0.3, 0.4) is 0 Å². The molecule has 1 aliphatic rings. The van der Waals surface area contributed by atoms with Gasteiger partial charge in [0.15, 0.2) is 0 Å². The van der Waals surface area contributed by atoms with Crippen molar-refractivity contribution < 1.29 is 18.0 Å². The molecular formula is C15H20ClF3N2O. The summed E-state index contributed by atoms with van der Waals surface area (Å²) in [4.78, 5) is 12.1. The number of rotatable bonds is 3. The van der Waals surface area contributed by atoms with Gasteiger partial charge < -0.3 is 10.6 Å². The van der Waals surface area contributed by atoms with Gasteiger partial charge >= 0.3 is 6.18 Å². The van der Waals surface area contributed by atoms with E-state index in [1.54, 1.807) is 13.0 Å². The molecule has 0 aliphatic carbocycles. The minimum atomic E-state index is -4.37. The van der Waals surface area contributed by atoms with Crippen LogP contribution in [0.4, 0.5) is 13.2 Å². The van der Waals surface area contributed by atoms with Gasteiger partial charge in [-0.25, -0.2) is 0 Å². The minimum absolute atomic E-state index is 0. The lowest BCUT2D eigenvalue weighted by Crippen LogP contribution is -2.41. The second-order valence-corrected chi connectivity index (χ2v) is 5.40. The van der Waals surface area contributed by atoms with Crippen LogP contribution in [-0.4, -0.2) is 19.0 Å². The smallest absolute Gasteiger partial charge is 0.349 e. The highest BCUT2D eigenvalue weighted by Crippen LogP contribution is 2.30. The van der Waals surface area contributed by atoms with Crippen molar-refractivity contribution in [2.24, 2.45) is 5.92 Å². The SMILES string of the molecule is CC(NC(=O)[C@@H]1CCCNC1)c1cccc(C(F)(F)F)c1.Cl. The van der Waals surface area contributed by atoms with Crippen LogP contribution in [0.5, 0.6) is 0 Å². The van der Waals surface area contributed by atoms with Gasteiger partial charge in [-0.3, -0.25) is 4.79 Å². The Balaban J connectivity index is 0.00000242. The van der Waals surface area contributed by atoms with Gasteiger partial charge in [-0.15, -0.1) is 12.4 Å². The standard InChI is InChI=1S/C15H19F3N2O.ClH/c1-10(20-14(21)12-5-3-7-19-9-12)11-4-2-6-13(8-11)15(16,17)18;/h2,4,6,8,10,12,19H,3,5,7,9H2,1H3,(H,20,21);1H/t10?,12-;/m1./s1. The summed E-state index contributed by atoms with van der Waals surface area (Å²) in [6.45, 7) is 3.23. The minimum Gasteiger partial charge on any atom is -0.349 e. The molecular weight excluding hydrogens is 317 g/mol. The van der Waals surface area contributed by atoms with E-state index in [4.69, 9.17) is 0 Å². The van der Waals surface area contributed by atoms with Crippen molar-refractivity contribution in [2.75, 3.05) is 13.1 Å². The molecule has 0 aromatic heterocycles. The average Bonchev–Trinajstić information content (AvgIpc) is 2.47. The molecule has 0 saturated carbocycles. The van der Waals surface area contributed by atoms with E-state index in [-0.39, 0.29) is 24.2 Å². The molecule has 1 aromatic carbocycles. The lowest BCUT2D eigenvalue weighted by atomic mass is 9.97. The van der Waals surface area contributed by atoms with Crippen molar-refractivity contribution in [3.8, 4) is 0 Å². The van der Waals surface area contributed by atoms with E-state index in [1.807, 2.05) is 0 Å². The molecule has 7 heteroatoms. The third kappa shape index (κ3) is 4.88. The summed E-state index contributed by atoms with van der Waals surface area (Å²) in [7, 11) is 0. The van der Waals surface area contributed by atoms with Gasteiger partial charge in [-0.1, -0.05) is 12.1 Å². The number of hydrogen-bond donors (Lipinski definition) is 2. The van der Waals surface area contributed by atoms with Gasteiger partial charge in [0.2, 0.25) is 5.91 Å². The number of benzene rings is 1. The number of alkyl halides is 3. The van der Waals surface area contributed by atoms with Crippen LogP contribution in [0.25, 0.3) is 0 Å². The summed E-state index contributed by atoms with van der Waals surface area (Å²) in [6, 6.07) is 4.64. The third-order valence-corrected chi connectivity index (χ3v) is 3.74. The molecule has 2 atom stereocenters. The largest absolute Gasteiger partial charge is 0.416 e. The Labute approximate surface area is 134 Å². The zero-order valence-electron chi connectivity index (χ0n) is 12.2. The highest BCUT2D eigenvalue weighted by Gasteiger charge is 2.31. The van der Waals surface area contributed by atoms with Gasteiger partial charge in [0.05, 0.1) is 17.5 Å². The van der Waals surface area contributed by atoms with Gasteiger partial charge in [0.25, 0.3) is 0 Å². The Bertz CT molecular complexity index is 502. The van der Waals surface area contributed by atoms with Gasteiger partial charge in [-0.2, -0.15) is 13.2 Å². The lowest BCUT2D eigenvalue weighted by molar-refractivity contribution is -0.137. The molecule has 1 aromatic rings. The maximum absolute atomic E-state index is 12.7. The molecule has 2 rings (SSSR count). The molecule has 3 nitrogen and oxygen atoms in total. The van der Waals surface area contributed by atoms with Crippen molar-refractivity contribution in [3.05, 3.63) is 35.4 Å². The second-order valence-electron chi connectivity index (χ2n) is 5.40. The van der Waals surface area contributed by atoms with Crippen LogP contribution < -0.4 is 10.6 Å². The lowest BCUT2D eigenvalue weighted by Gasteiger charge is -2.24. The molecule has 0 spiro atoms. The summed E-state index contributed by atoms with van der Waals surface area (Å²) >= 11 is 0. The number of carbonyl (C=O) groups is 1. The molecule has 1 saturated heterocycles. The summed E-state index contributed by atoms with van der Waals surface area (Å²) < 4.78 is 38.1. The number of nitrogens with one attached hydrogen (secondary N) is 2. The summed E-state index contributed by atoms with van der Waals surface area (Å²) in [5.41, 5.74) is -0.234. The molecule has 1 aliphatic heterocycles. The van der Waals surface area contributed by atoms with Crippen LogP contribution in [0.1, 0.15) is 36.9 Å². The highest BCUT2D eigenvalue weighted by atomic mass is 35.5. The Morgan fingerprint density at radius 1 is 1.41 bits per heavy atom. The normalized spacial score (nSPS) is 19.9. The number of carbonyl (C=O) groups excluding carboxylic acids is 1. The maximum atomic E-state index is 12.7. The van der Waals surface area contributed by atoms with Gasteiger partial charge in [0, 0.05) is 6.54 Å². The van der Waals surface area contributed by atoms with Gasteiger partial charge in [-0.05, 0) is 44.0 Å². The molecule has 1 amide bonds. The van der Waals surface area contributed by atoms with Crippen molar-refractivity contribution in [3.63, 3.8) is 0 Å². The van der Waals surface area contributed by atoms with Crippen molar-refractivity contribution in [1.82, 2.24) is 10.6 Å². The van der Waals surface area contributed by atoms with E-state index in [2.05, 4.69) is 10.6 Å².